The number of aryl methyl sites for hydroxylation is 1. The fourth-order valence-corrected chi connectivity index (χ4v) is 3.89. The number of sulfonamides is 1. The van der Waals surface area contributed by atoms with Crippen LogP contribution in [0.15, 0.2) is 42.5 Å². The number of nitrogens with zero attached hydrogens (tertiary/aromatic N) is 2. The van der Waals surface area contributed by atoms with Gasteiger partial charge in [0.05, 0.1) is 25.2 Å². The average Bonchev–Trinajstić information content (AvgIpc) is 2.73. The molecular weight excluding hydrogens is 402 g/mol. The molecule has 7 nitrogen and oxygen atoms in total. The number of carbonyl (C=O) groups is 1. The van der Waals surface area contributed by atoms with Crippen LogP contribution in [0.2, 0.25) is 0 Å². The third kappa shape index (κ3) is 5.81. The zero-order valence-electron chi connectivity index (χ0n) is 17.7. The Balaban J connectivity index is 1.60. The van der Waals surface area contributed by atoms with Crippen LogP contribution in [0.1, 0.15) is 27.0 Å². The SMILES string of the molecule is Cc1ccc(C(=O)NCc2ccc(CN3CCOCC3)cc2)cc1N(C)S(C)(=O)=O. The molecule has 162 valence electrons. The van der Waals surface area contributed by atoms with E-state index in [1.54, 1.807) is 18.2 Å². The lowest BCUT2D eigenvalue weighted by Crippen LogP contribution is -2.35. The molecule has 1 saturated heterocycles. The Kier molecular flexibility index (Phi) is 7.12. The van der Waals surface area contributed by atoms with Crippen molar-refractivity contribution in [1.82, 2.24) is 10.2 Å². The number of nitrogens with one attached hydrogen (secondary N) is 1. The van der Waals surface area contributed by atoms with Crippen molar-refractivity contribution in [3.63, 3.8) is 0 Å². The van der Waals surface area contributed by atoms with Crippen molar-refractivity contribution >= 4 is 21.6 Å². The highest BCUT2D eigenvalue weighted by Gasteiger charge is 2.17. The average molecular weight is 432 g/mol. The molecule has 0 saturated carbocycles. The predicted octanol–water partition coefficient (Wildman–Crippen LogP) is 2.15. The van der Waals surface area contributed by atoms with Crippen molar-refractivity contribution in [2.45, 2.75) is 20.0 Å². The van der Waals surface area contributed by atoms with Gasteiger partial charge in [-0.3, -0.25) is 14.0 Å². The molecule has 30 heavy (non-hydrogen) atoms. The van der Waals surface area contributed by atoms with Crippen molar-refractivity contribution in [1.29, 1.82) is 0 Å². The van der Waals surface area contributed by atoms with Crippen molar-refractivity contribution in [3.05, 3.63) is 64.7 Å². The minimum Gasteiger partial charge on any atom is -0.379 e. The molecule has 1 amide bonds. The second-order valence-electron chi connectivity index (χ2n) is 7.62. The van der Waals surface area contributed by atoms with Gasteiger partial charge >= 0.3 is 0 Å². The highest BCUT2D eigenvalue weighted by molar-refractivity contribution is 7.92. The summed E-state index contributed by atoms with van der Waals surface area (Å²) in [6.07, 6.45) is 1.14. The van der Waals surface area contributed by atoms with Gasteiger partial charge < -0.3 is 10.1 Å². The first kappa shape index (κ1) is 22.3. The van der Waals surface area contributed by atoms with Crippen LogP contribution < -0.4 is 9.62 Å². The van der Waals surface area contributed by atoms with Crippen LogP contribution in [0.4, 0.5) is 5.69 Å². The Labute approximate surface area is 178 Å². The molecule has 0 spiro atoms. The van der Waals surface area contributed by atoms with Gasteiger partial charge in [0.2, 0.25) is 10.0 Å². The maximum absolute atomic E-state index is 12.6. The lowest BCUT2D eigenvalue weighted by Gasteiger charge is -2.26. The van der Waals surface area contributed by atoms with Crippen LogP contribution in [0.3, 0.4) is 0 Å². The molecule has 2 aromatic carbocycles. The fourth-order valence-electron chi connectivity index (χ4n) is 3.33. The summed E-state index contributed by atoms with van der Waals surface area (Å²) in [5.41, 5.74) is 3.96. The highest BCUT2D eigenvalue weighted by atomic mass is 32.2. The summed E-state index contributed by atoms with van der Waals surface area (Å²) < 4.78 is 30.3. The molecule has 0 bridgehead atoms. The molecule has 0 aromatic heterocycles. The van der Waals surface area contributed by atoms with Gasteiger partial charge in [0.1, 0.15) is 0 Å². The van der Waals surface area contributed by atoms with E-state index in [0.717, 1.165) is 50.2 Å². The Morgan fingerprint density at radius 1 is 1.10 bits per heavy atom. The fraction of sp³-hybridized carbons (Fsp3) is 0.409. The molecule has 0 atom stereocenters. The summed E-state index contributed by atoms with van der Waals surface area (Å²) in [5, 5.41) is 2.91. The van der Waals surface area contributed by atoms with Gasteiger partial charge in [0, 0.05) is 38.8 Å². The molecule has 0 unspecified atom stereocenters. The summed E-state index contributed by atoms with van der Waals surface area (Å²) >= 11 is 0. The van der Waals surface area contributed by atoms with Crippen LogP contribution in [0.25, 0.3) is 0 Å². The third-order valence-electron chi connectivity index (χ3n) is 5.29. The lowest BCUT2D eigenvalue weighted by atomic mass is 10.1. The number of rotatable bonds is 7. The van der Waals surface area contributed by atoms with Gasteiger partial charge in [0.25, 0.3) is 5.91 Å². The van der Waals surface area contributed by atoms with E-state index >= 15 is 0 Å². The molecular formula is C22H29N3O4S. The quantitative estimate of drug-likeness (QED) is 0.727. The first-order valence-corrected chi connectivity index (χ1v) is 11.8. The Morgan fingerprint density at radius 3 is 2.37 bits per heavy atom. The number of morpholine rings is 1. The number of hydrogen-bond acceptors (Lipinski definition) is 5. The van der Waals surface area contributed by atoms with E-state index in [1.807, 2.05) is 19.1 Å². The monoisotopic (exact) mass is 431 g/mol. The maximum atomic E-state index is 12.6. The van der Waals surface area contributed by atoms with Crippen molar-refractivity contribution in [2.24, 2.45) is 0 Å². The molecule has 0 aliphatic carbocycles. The number of ether oxygens (including phenoxy) is 1. The summed E-state index contributed by atoms with van der Waals surface area (Å²) in [5.74, 6) is -0.240. The first-order valence-electron chi connectivity index (χ1n) is 9.95. The molecule has 2 aromatic rings. The number of amides is 1. The zero-order chi connectivity index (χ0) is 21.7. The number of anilines is 1. The van der Waals surface area contributed by atoms with E-state index in [9.17, 15) is 13.2 Å². The normalized spacial score (nSPS) is 15.0. The van der Waals surface area contributed by atoms with Crippen LogP contribution in [-0.2, 0) is 27.8 Å². The van der Waals surface area contributed by atoms with Gasteiger partial charge in [-0.05, 0) is 35.7 Å². The molecule has 8 heteroatoms. The third-order valence-corrected chi connectivity index (χ3v) is 6.49. The lowest BCUT2D eigenvalue weighted by molar-refractivity contribution is 0.0342. The van der Waals surface area contributed by atoms with Gasteiger partial charge in [-0.2, -0.15) is 0 Å². The van der Waals surface area contributed by atoms with Crippen molar-refractivity contribution in [3.8, 4) is 0 Å². The van der Waals surface area contributed by atoms with E-state index < -0.39 is 10.0 Å². The molecule has 1 fully saturated rings. The van der Waals surface area contributed by atoms with E-state index in [2.05, 4.69) is 22.3 Å². The smallest absolute Gasteiger partial charge is 0.251 e. The Bertz CT molecular complexity index is 984. The number of benzene rings is 2. The Morgan fingerprint density at radius 2 is 1.73 bits per heavy atom. The van der Waals surface area contributed by atoms with E-state index in [4.69, 9.17) is 4.74 Å². The summed E-state index contributed by atoms with van der Waals surface area (Å²) in [6, 6.07) is 13.3. The molecule has 1 N–H and O–H groups in total. The first-order chi connectivity index (χ1) is 14.2. The van der Waals surface area contributed by atoms with Gasteiger partial charge in [-0.15, -0.1) is 0 Å². The second kappa shape index (κ2) is 9.59. The van der Waals surface area contributed by atoms with E-state index in [1.165, 1.54) is 16.9 Å². The summed E-state index contributed by atoms with van der Waals surface area (Å²) in [7, 11) is -1.92. The topological polar surface area (TPSA) is 79.0 Å². The van der Waals surface area contributed by atoms with Crippen molar-refractivity contribution in [2.75, 3.05) is 43.9 Å². The van der Waals surface area contributed by atoms with E-state index in [-0.39, 0.29) is 5.91 Å². The van der Waals surface area contributed by atoms with Gasteiger partial charge in [-0.1, -0.05) is 30.3 Å². The molecule has 1 heterocycles. The standard InChI is InChI=1S/C22H29N3O4S/c1-17-4-9-20(14-21(17)24(2)30(3,27)28)22(26)23-15-18-5-7-19(8-6-18)16-25-10-12-29-13-11-25/h4-9,14H,10-13,15-16H2,1-3H3,(H,23,26). The predicted molar refractivity (Wildman–Crippen MR) is 118 cm³/mol. The van der Waals surface area contributed by atoms with Crippen molar-refractivity contribution < 1.29 is 17.9 Å². The van der Waals surface area contributed by atoms with Crippen LogP contribution in [0.5, 0.6) is 0 Å². The maximum Gasteiger partial charge on any atom is 0.251 e. The highest BCUT2D eigenvalue weighted by Crippen LogP contribution is 2.22. The van der Waals surface area contributed by atoms with Crippen LogP contribution in [0, 0.1) is 6.92 Å². The summed E-state index contributed by atoms with van der Waals surface area (Å²) in [4.78, 5) is 14.9. The Hall–Kier alpha value is -2.42. The molecule has 1 aliphatic heterocycles. The minimum atomic E-state index is -3.40. The largest absolute Gasteiger partial charge is 0.379 e. The van der Waals surface area contributed by atoms with Crippen LogP contribution in [-0.4, -0.2) is 58.8 Å². The molecule has 0 radical (unpaired) electrons. The van der Waals surface area contributed by atoms with Gasteiger partial charge in [0.15, 0.2) is 0 Å². The second-order valence-corrected chi connectivity index (χ2v) is 9.63. The molecule has 1 aliphatic rings. The van der Waals surface area contributed by atoms with E-state index in [0.29, 0.717) is 17.8 Å². The number of hydrogen-bond donors (Lipinski definition) is 1. The minimum absolute atomic E-state index is 0.240. The zero-order valence-corrected chi connectivity index (χ0v) is 18.5. The van der Waals surface area contributed by atoms with Gasteiger partial charge in [-0.25, -0.2) is 8.42 Å². The van der Waals surface area contributed by atoms with Crippen LogP contribution >= 0.6 is 0 Å². The molecule has 3 rings (SSSR count). The summed E-state index contributed by atoms with van der Waals surface area (Å²) in [6.45, 7) is 6.58. The number of carbonyl (C=O) groups excluding carboxylic acids is 1.